The van der Waals surface area contributed by atoms with Crippen LogP contribution in [-0.2, 0) is 6.61 Å². The van der Waals surface area contributed by atoms with Gasteiger partial charge >= 0.3 is 11.9 Å². The lowest BCUT2D eigenvalue weighted by atomic mass is 10.1. The molecule has 0 aliphatic carbocycles. The molecule has 0 unspecified atom stereocenters. The summed E-state index contributed by atoms with van der Waals surface area (Å²) in [6, 6.07) is 13.0. The van der Waals surface area contributed by atoms with Gasteiger partial charge in [0.25, 0.3) is 0 Å². The zero-order valence-corrected chi connectivity index (χ0v) is 16.3. The van der Waals surface area contributed by atoms with Crippen LogP contribution in [0.1, 0.15) is 37.8 Å². The number of furan rings is 1. The Labute approximate surface area is 172 Å². The molecule has 30 heavy (non-hydrogen) atoms. The van der Waals surface area contributed by atoms with E-state index >= 15 is 0 Å². The van der Waals surface area contributed by atoms with Crippen LogP contribution < -0.4 is 9.47 Å². The number of aliphatic imine (C=N–C) groups is 1. The largest absolute Gasteiger partial charge is 0.493 e. The van der Waals surface area contributed by atoms with Crippen molar-refractivity contribution in [1.29, 1.82) is 0 Å². The van der Waals surface area contributed by atoms with Gasteiger partial charge in [-0.15, -0.1) is 0 Å². The summed E-state index contributed by atoms with van der Waals surface area (Å²) in [5.74, 6) is -1.03. The molecule has 154 valence electrons. The van der Waals surface area contributed by atoms with E-state index in [2.05, 4.69) is 4.99 Å². The van der Waals surface area contributed by atoms with Crippen molar-refractivity contribution in [2.45, 2.75) is 13.5 Å². The molecule has 0 atom stereocenters. The minimum absolute atomic E-state index is 0.0399. The molecule has 1 aromatic heterocycles. The molecule has 8 nitrogen and oxygen atoms in total. The van der Waals surface area contributed by atoms with E-state index in [4.69, 9.17) is 19.0 Å². The number of carboxylic acid groups (broad SMARTS) is 2. The predicted octanol–water partition coefficient (Wildman–Crippen LogP) is 4.32. The van der Waals surface area contributed by atoms with Gasteiger partial charge in [0.2, 0.25) is 5.76 Å². The SMILES string of the molecule is COc1cc(C=Nc2cccc(C(=O)O)c2C)ccc1OCc1ccc(C(=O)O)o1. The van der Waals surface area contributed by atoms with Crippen LogP contribution in [0, 0.1) is 6.92 Å². The third-order valence-electron chi connectivity index (χ3n) is 4.32. The maximum Gasteiger partial charge on any atom is 0.371 e. The van der Waals surface area contributed by atoms with Gasteiger partial charge < -0.3 is 24.1 Å². The summed E-state index contributed by atoms with van der Waals surface area (Å²) in [6.45, 7) is 1.75. The van der Waals surface area contributed by atoms with Crippen molar-refractivity contribution < 1.29 is 33.7 Å². The Hall–Kier alpha value is -4.07. The lowest BCUT2D eigenvalue weighted by molar-refractivity contribution is 0.0655. The van der Waals surface area contributed by atoms with Crippen molar-refractivity contribution in [3.63, 3.8) is 0 Å². The number of ether oxygens (including phenoxy) is 2. The number of rotatable bonds is 8. The highest BCUT2D eigenvalue weighted by Crippen LogP contribution is 2.29. The zero-order chi connectivity index (χ0) is 21.7. The summed E-state index contributed by atoms with van der Waals surface area (Å²) in [5, 5.41) is 18.1. The van der Waals surface area contributed by atoms with Crippen LogP contribution in [0.3, 0.4) is 0 Å². The number of hydrogen-bond donors (Lipinski definition) is 2. The Balaban J connectivity index is 1.75. The quantitative estimate of drug-likeness (QED) is 0.532. The summed E-state index contributed by atoms with van der Waals surface area (Å²) in [7, 11) is 1.50. The summed E-state index contributed by atoms with van der Waals surface area (Å²) in [5.41, 5.74) is 2.06. The van der Waals surface area contributed by atoms with Crippen molar-refractivity contribution in [1.82, 2.24) is 0 Å². The van der Waals surface area contributed by atoms with Crippen molar-refractivity contribution in [3.8, 4) is 11.5 Å². The van der Waals surface area contributed by atoms with Gasteiger partial charge in [-0.3, -0.25) is 4.99 Å². The predicted molar refractivity (Wildman–Crippen MR) is 108 cm³/mol. The van der Waals surface area contributed by atoms with Crippen LogP contribution in [0.2, 0.25) is 0 Å². The van der Waals surface area contributed by atoms with E-state index in [0.29, 0.717) is 28.5 Å². The van der Waals surface area contributed by atoms with Gasteiger partial charge in [-0.05, 0) is 60.5 Å². The summed E-state index contributed by atoms with van der Waals surface area (Å²) >= 11 is 0. The highest BCUT2D eigenvalue weighted by molar-refractivity contribution is 5.92. The molecule has 0 aliphatic rings. The second-order valence-electron chi connectivity index (χ2n) is 6.28. The first-order valence-electron chi connectivity index (χ1n) is 8.89. The number of nitrogens with zero attached hydrogens (tertiary/aromatic N) is 1. The average Bonchev–Trinajstić information content (AvgIpc) is 3.21. The maximum absolute atomic E-state index is 11.2. The van der Waals surface area contributed by atoms with E-state index in [9.17, 15) is 14.7 Å². The van der Waals surface area contributed by atoms with Gasteiger partial charge in [-0.2, -0.15) is 0 Å². The van der Waals surface area contributed by atoms with Crippen molar-refractivity contribution in [3.05, 3.63) is 76.7 Å². The molecule has 2 N–H and O–H groups in total. The summed E-state index contributed by atoms with van der Waals surface area (Å²) in [6.07, 6.45) is 1.60. The highest BCUT2D eigenvalue weighted by atomic mass is 16.5. The molecule has 1 heterocycles. The van der Waals surface area contributed by atoms with Crippen LogP contribution in [0.4, 0.5) is 5.69 Å². The fraction of sp³-hybridized carbons (Fsp3) is 0.136. The number of carboxylic acids is 2. The second-order valence-corrected chi connectivity index (χ2v) is 6.28. The number of hydrogen-bond acceptors (Lipinski definition) is 6. The lowest BCUT2D eigenvalue weighted by Gasteiger charge is -2.10. The molecular weight excluding hydrogens is 390 g/mol. The summed E-state index contributed by atoms with van der Waals surface area (Å²) < 4.78 is 16.2. The van der Waals surface area contributed by atoms with Crippen LogP contribution in [0.25, 0.3) is 0 Å². The number of carbonyl (C=O) groups is 2. The molecule has 0 radical (unpaired) electrons. The number of benzene rings is 2. The fourth-order valence-corrected chi connectivity index (χ4v) is 2.74. The maximum atomic E-state index is 11.2. The Morgan fingerprint density at radius 2 is 1.87 bits per heavy atom. The monoisotopic (exact) mass is 409 g/mol. The van der Waals surface area contributed by atoms with Crippen LogP contribution in [0.15, 0.2) is 57.9 Å². The molecule has 0 spiro atoms. The van der Waals surface area contributed by atoms with E-state index in [0.717, 1.165) is 5.56 Å². The second kappa shape index (κ2) is 8.95. The van der Waals surface area contributed by atoms with E-state index in [-0.39, 0.29) is 17.9 Å². The molecule has 0 fully saturated rings. The van der Waals surface area contributed by atoms with Crippen LogP contribution in [0.5, 0.6) is 11.5 Å². The Morgan fingerprint density at radius 3 is 2.53 bits per heavy atom. The first-order valence-corrected chi connectivity index (χ1v) is 8.89. The molecule has 0 bridgehead atoms. The van der Waals surface area contributed by atoms with Gasteiger partial charge in [0.05, 0.1) is 18.4 Å². The molecule has 3 aromatic rings. The molecule has 3 rings (SSSR count). The Morgan fingerprint density at radius 1 is 1.07 bits per heavy atom. The molecule has 0 saturated heterocycles. The molecule has 0 amide bonds. The number of methoxy groups -OCH3 is 1. The van der Waals surface area contributed by atoms with Crippen LogP contribution >= 0.6 is 0 Å². The molecule has 0 aliphatic heterocycles. The van der Waals surface area contributed by atoms with Crippen molar-refractivity contribution >= 4 is 23.8 Å². The number of aromatic carboxylic acids is 2. The Bertz CT molecular complexity index is 1110. The third kappa shape index (κ3) is 4.67. The third-order valence-corrected chi connectivity index (χ3v) is 4.32. The van der Waals surface area contributed by atoms with Gasteiger partial charge in [0.1, 0.15) is 12.4 Å². The lowest BCUT2D eigenvalue weighted by Crippen LogP contribution is -1.99. The minimum Gasteiger partial charge on any atom is -0.493 e. The van der Waals surface area contributed by atoms with E-state index in [1.54, 1.807) is 43.5 Å². The van der Waals surface area contributed by atoms with Crippen LogP contribution in [-0.4, -0.2) is 35.5 Å². The van der Waals surface area contributed by atoms with E-state index in [1.165, 1.54) is 25.3 Å². The first-order chi connectivity index (χ1) is 14.4. The van der Waals surface area contributed by atoms with Gasteiger partial charge in [-0.1, -0.05) is 6.07 Å². The molecular formula is C22H19NO7. The van der Waals surface area contributed by atoms with E-state index in [1.807, 2.05) is 0 Å². The topological polar surface area (TPSA) is 119 Å². The highest BCUT2D eigenvalue weighted by Gasteiger charge is 2.12. The van der Waals surface area contributed by atoms with Crippen molar-refractivity contribution in [2.75, 3.05) is 7.11 Å². The fourth-order valence-electron chi connectivity index (χ4n) is 2.74. The average molecular weight is 409 g/mol. The smallest absolute Gasteiger partial charge is 0.371 e. The summed E-state index contributed by atoms with van der Waals surface area (Å²) in [4.78, 5) is 26.5. The van der Waals surface area contributed by atoms with Gasteiger partial charge in [-0.25, -0.2) is 9.59 Å². The van der Waals surface area contributed by atoms with E-state index < -0.39 is 11.9 Å². The van der Waals surface area contributed by atoms with Gasteiger partial charge in [0.15, 0.2) is 11.5 Å². The minimum atomic E-state index is -1.15. The zero-order valence-electron chi connectivity index (χ0n) is 16.3. The van der Waals surface area contributed by atoms with Gasteiger partial charge in [0, 0.05) is 6.21 Å². The molecule has 2 aromatic carbocycles. The normalized spacial score (nSPS) is 10.9. The Kier molecular flexibility index (Phi) is 6.17. The molecule has 8 heteroatoms. The standard InChI is InChI=1S/C22H19NO7/c1-13-16(21(24)25)4-3-5-17(13)23-11-14-6-8-18(20(10-14)28-2)29-12-15-7-9-19(30-15)22(26)27/h3-11H,12H2,1-2H3,(H,24,25)(H,26,27). The molecule has 0 saturated carbocycles. The van der Waals surface area contributed by atoms with Crippen molar-refractivity contribution in [2.24, 2.45) is 4.99 Å². The first kappa shape index (κ1) is 20.7.